The van der Waals surface area contributed by atoms with Crippen LogP contribution in [0, 0.1) is 0 Å². The zero-order valence-electron chi connectivity index (χ0n) is 13.8. The maximum atomic E-state index is 12.4. The number of nitrogens with one attached hydrogen (secondary N) is 2. The van der Waals surface area contributed by atoms with Gasteiger partial charge in [-0.05, 0) is 41.8 Å². The van der Waals surface area contributed by atoms with Gasteiger partial charge in [-0.25, -0.2) is 0 Å². The third-order valence-electron chi connectivity index (χ3n) is 3.63. The molecular weight excluding hydrogens is 366 g/mol. The van der Waals surface area contributed by atoms with Crippen molar-refractivity contribution in [3.8, 4) is 10.6 Å². The quantitative estimate of drug-likeness (QED) is 0.532. The van der Waals surface area contributed by atoms with E-state index in [-0.39, 0.29) is 17.4 Å². The van der Waals surface area contributed by atoms with Crippen molar-refractivity contribution in [2.75, 3.05) is 10.6 Å². The van der Waals surface area contributed by atoms with Crippen molar-refractivity contribution in [3.05, 3.63) is 77.7 Å². The van der Waals surface area contributed by atoms with Gasteiger partial charge >= 0.3 is 0 Å². The summed E-state index contributed by atoms with van der Waals surface area (Å²) in [6, 6.07) is 15.3. The first-order valence-corrected chi connectivity index (χ1v) is 8.84. The molecule has 1 aromatic carbocycles. The third-order valence-corrected chi connectivity index (χ3v) is 4.51. The second kappa shape index (κ2) is 7.30. The molecular formula is C19H13N3O4S. The van der Waals surface area contributed by atoms with Crippen molar-refractivity contribution in [2.24, 2.45) is 0 Å². The normalized spacial score (nSPS) is 10.5. The van der Waals surface area contributed by atoms with E-state index < -0.39 is 5.91 Å². The molecule has 3 aromatic heterocycles. The van der Waals surface area contributed by atoms with Crippen LogP contribution in [0.3, 0.4) is 0 Å². The molecule has 27 heavy (non-hydrogen) atoms. The topological polar surface area (TPSA) is 97.4 Å². The lowest BCUT2D eigenvalue weighted by Gasteiger charge is -2.07. The van der Waals surface area contributed by atoms with Crippen LogP contribution in [0.2, 0.25) is 0 Å². The number of carbonyl (C=O) groups excluding carboxylic acids is 2. The lowest BCUT2D eigenvalue weighted by atomic mass is 10.2. The van der Waals surface area contributed by atoms with E-state index >= 15 is 0 Å². The van der Waals surface area contributed by atoms with Gasteiger partial charge in [0.1, 0.15) is 0 Å². The average Bonchev–Trinajstić information content (AvgIpc) is 3.43. The van der Waals surface area contributed by atoms with Crippen molar-refractivity contribution in [1.82, 2.24) is 5.16 Å². The first kappa shape index (κ1) is 16.8. The summed E-state index contributed by atoms with van der Waals surface area (Å²) in [5, 5.41) is 11.2. The van der Waals surface area contributed by atoms with Gasteiger partial charge in [-0.3, -0.25) is 9.59 Å². The minimum atomic E-state index is -0.406. The van der Waals surface area contributed by atoms with Gasteiger partial charge in [-0.15, -0.1) is 11.3 Å². The molecule has 0 bridgehead atoms. The van der Waals surface area contributed by atoms with Gasteiger partial charge in [0.05, 0.1) is 11.1 Å². The van der Waals surface area contributed by atoms with Gasteiger partial charge in [0, 0.05) is 17.4 Å². The van der Waals surface area contributed by atoms with E-state index in [0.29, 0.717) is 17.1 Å². The van der Waals surface area contributed by atoms with Crippen molar-refractivity contribution >= 4 is 34.5 Å². The van der Waals surface area contributed by atoms with E-state index in [9.17, 15) is 9.59 Å². The van der Waals surface area contributed by atoms with Crippen LogP contribution in [-0.4, -0.2) is 17.0 Å². The van der Waals surface area contributed by atoms with E-state index in [1.165, 1.54) is 17.6 Å². The van der Waals surface area contributed by atoms with Gasteiger partial charge < -0.3 is 19.6 Å². The second-order valence-corrected chi connectivity index (χ2v) is 6.47. The van der Waals surface area contributed by atoms with Crippen LogP contribution in [0.1, 0.15) is 21.0 Å². The van der Waals surface area contributed by atoms with Crippen LogP contribution >= 0.6 is 11.3 Å². The molecule has 2 N–H and O–H groups in total. The van der Waals surface area contributed by atoms with Crippen LogP contribution in [0.15, 0.2) is 75.2 Å². The number of thiophene rings is 1. The van der Waals surface area contributed by atoms with E-state index in [0.717, 1.165) is 4.88 Å². The zero-order valence-corrected chi connectivity index (χ0v) is 14.7. The van der Waals surface area contributed by atoms with Gasteiger partial charge in [0.15, 0.2) is 17.2 Å². The molecule has 0 saturated carbocycles. The van der Waals surface area contributed by atoms with E-state index in [4.69, 9.17) is 8.94 Å². The van der Waals surface area contributed by atoms with E-state index in [2.05, 4.69) is 15.8 Å². The number of rotatable bonds is 5. The molecule has 0 aliphatic rings. The van der Waals surface area contributed by atoms with Gasteiger partial charge in [0.25, 0.3) is 11.8 Å². The van der Waals surface area contributed by atoms with Crippen LogP contribution in [-0.2, 0) is 0 Å². The first-order valence-electron chi connectivity index (χ1n) is 7.96. The summed E-state index contributed by atoms with van der Waals surface area (Å²) in [5.74, 6) is -0.0422. The monoisotopic (exact) mass is 379 g/mol. The van der Waals surface area contributed by atoms with E-state index in [1.807, 2.05) is 17.5 Å². The lowest BCUT2D eigenvalue weighted by molar-refractivity contribution is 0.0994. The van der Waals surface area contributed by atoms with Crippen molar-refractivity contribution < 1.29 is 18.5 Å². The van der Waals surface area contributed by atoms with Gasteiger partial charge in [0.2, 0.25) is 0 Å². The van der Waals surface area contributed by atoms with Crippen LogP contribution < -0.4 is 10.6 Å². The first-order chi connectivity index (χ1) is 13.2. The number of furan rings is 1. The molecule has 2 amide bonds. The van der Waals surface area contributed by atoms with Gasteiger partial charge in [-0.1, -0.05) is 17.3 Å². The Bertz CT molecular complexity index is 1070. The molecule has 0 radical (unpaired) electrons. The average molecular weight is 379 g/mol. The molecule has 3 heterocycles. The molecule has 0 aliphatic heterocycles. The number of amides is 2. The Hall–Kier alpha value is -3.65. The molecule has 0 spiro atoms. The van der Waals surface area contributed by atoms with Crippen molar-refractivity contribution in [2.45, 2.75) is 0 Å². The smallest absolute Gasteiger partial charge is 0.291 e. The SMILES string of the molecule is O=C(Nc1cccc(NC(=O)c2ccco2)c1)c1cc(-c2cccs2)on1. The highest BCUT2D eigenvalue weighted by molar-refractivity contribution is 7.13. The molecule has 0 unspecified atom stereocenters. The Balaban J connectivity index is 1.45. The van der Waals surface area contributed by atoms with Crippen LogP contribution in [0.4, 0.5) is 11.4 Å². The lowest BCUT2D eigenvalue weighted by Crippen LogP contribution is -2.13. The fraction of sp³-hybridized carbons (Fsp3) is 0. The second-order valence-electron chi connectivity index (χ2n) is 5.52. The largest absolute Gasteiger partial charge is 0.459 e. The number of nitrogens with zero attached hydrogens (tertiary/aromatic N) is 1. The summed E-state index contributed by atoms with van der Waals surface area (Å²) in [6.07, 6.45) is 1.42. The maximum absolute atomic E-state index is 12.4. The molecule has 0 aliphatic carbocycles. The van der Waals surface area contributed by atoms with Crippen LogP contribution in [0.5, 0.6) is 0 Å². The maximum Gasteiger partial charge on any atom is 0.291 e. The highest BCUT2D eigenvalue weighted by Gasteiger charge is 2.15. The number of anilines is 2. The predicted octanol–water partition coefficient (Wildman–Crippen LogP) is 4.50. The molecule has 134 valence electrons. The molecule has 4 rings (SSSR count). The summed E-state index contributed by atoms with van der Waals surface area (Å²) in [6.45, 7) is 0. The third kappa shape index (κ3) is 3.80. The fourth-order valence-corrected chi connectivity index (χ4v) is 3.06. The Morgan fingerprint density at radius 2 is 1.74 bits per heavy atom. The molecule has 0 atom stereocenters. The highest BCUT2D eigenvalue weighted by Crippen LogP contribution is 2.25. The minimum Gasteiger partial charge on any atom is -0.459 e. The summed E-state index contributed by atoms with van der Waals surface area (Å²) >= 11 is 1.50. The number of carbonyl (C=O) groups is 2. The molecule has 0 saturated heterocycles. The summed E-state index contributed by atoms with van der Waals surface area (Å²) in [4.78, 5) is 25.3. The van der Waals surface area contributed by atoms with Gasteiger partial charge in [-0.2, -0.15) is 0 Å². The predicted molar refractivity (Wildman–Crippen MR) is 101 cm³/mol. The number of benzene rings is 1. The highest BCUT2D eigenvalue weighted by atomic mass is 32.1. The Labute approximate surface area is 157 Å². The number of aromatic nitrogens is 1. The zero-order chi connectivity index (χ0) is 18.6. The summed E-state index contributed by atoms with van der Waals surface area (Å²) in [7, 11) is 0. The van der Waals surface area contributed by atoms with Crippen LogP contribution in [0.25, 0.3) is 10.6 Å². The molecule has 8 heteroatoms. The number of hydrogen-bond acceptors (Lipinski definition) is 6. The Morgan fingerprint density at radius 3 is 2.44 bits per heavy atom. The van der Waals surface area contributed by atoms with Crippen molar-refractivity contribution in [3.63, 3.8) is 0 Å². The minimum absolute atomic E-state index is 0.170. The molecule has 0 fully saturated rings. The fourth-order valence-electron chi connectivity index (χ4n) is 2.39. The Morgan fingerprint density at radius 1 is 0.926 bits per heavy atom. The van der Waals surface area contributed by atoms with E-state index in [1.54, 1.807) is 42.5 Å². The summed E-state index contributed by atoms with van der Waals surface area (Å²) < 4.78 is 10.3. The molecule has 7 nitrogen and oxygen atoms in total. The molecule has 4 aromatic rings. The van der Waals surface area contributed by atoms with Crippen molar-refractivity contribution in [1.29, 1.82) is 0 Å². The number of hydrogen-bond donors (Lipinski definition) is 2. The standard InChI is InChI=1S/C19H13N3O4S/c23-18(14-11-16(26-22-14)17-7-3-9-27-17)20-12-4-1-5-13(10-12)21-19(24)15-6-2-8-25-15/h1-11H,(H,20,23)(H,21,24). The summed E-state index contributed by atoms with van der Waals surface area (Å²) in [5.41, 5.74) is 1.20. The Kier molecular flexibility index (Phi) is 4.54.